The van der Waals surface area contributed by atoms with E-state index in [2.05, 4.69) is 17.5 Å². The predicted molar refractivity (Wildman–Crippen MR) is 79.9 cm³/mol. The van der Waals surface area contributed by atoms with Crippen LogP contribution in [0.1, 0.15) is 22.3 Å². The first-order valence-corrected chi connectivity index (χ1v) is 6.56. The number of benzene rings is 2. The maximum atomic E-state index is 9.25. The molecule has 0 aromatic heterocycles. The molecule has 2 aromatic rings. The van der Waals surface area contributed by atoms with Crippen molar-refractivity contribution in [3.8, 4) is 17.6 Å². The Kier molecular flexibility index (Phi) is 4.39. The van der Waals surface area contributed by atoms with Gasteiger partial charge < -0.3 is 10.1 Å². The molecule has 0 aliphatic heterocycles. The van der Waals surface area contributed by atoms with E-state index in [-0.39, 0.29) is 0 Å². The van der Waals surface area contributed by atoms with Gasteiger partial charge in [0.15, 0.2) is 0 Å². The third-order valence-corrected chi connectivity index (χ3v) is 2.97. The number of nitrogens with one attached hydrogen (secondary N) is 1. The molecule has 0 unspecified atom stereocenters. The maximum Gasteiger partial charge on any atom is 0.145 e. The molecular formula is C17H18N2O. The van der Waals surface area contributed by atoms with Gasteiger partial charge in [0.1, 0.15) is 17.6 Å². The number of nitriles is 1. The molecular weight excluding hydrogens is 248 g/mol. The number of hydrogen-bond acceptors (Lipinski definition) is 3. The third-order valence-electron chi connectivity index (χ3n) is 2.97. The van der Waals surface area contributed by atoms with Gasteiger partial charge in [-0.15, -0.1) is 0 Å². The van der Waals surface area contributed by atoms with Crippen molar-refractivity contribution in [3.05, 3.63) is 58.7 Å². The lowest BCUT2D eigenvalue weighted by Gasteiger charge is -2.10. The smallest absolute Gasteiger partial charge is 0.145 e. The molecule has 0 aliphatic carbocycles. The molecule has 0 spiro atoms. The summed E-state index contributed by atoms with van der Waals surface area (Å²) in [6.07, 6.45) is 0. The molecule has 0 atom stereocenters. The fourth-order valence-electron chi connectivity index (χ4n) is 2.19. The van der Waals surface area contributed by atoms with Crippen molar-refractivity contribution in [1.29, 1.82) is 5.26 Å². The Labute approximate surface area is 119 Å². The highest BCUT2D eigenvalue weighted by atomic mass is 16.5. The van der Waals surface area contributed by atoms with Crippen molar-refractivity contribution in [2.24, 2.45) is 0 Å². The quantitative estimate of drug-likeness (QED) is 0.918. The monoisotopic (exact) mass is 266 g/mol. The van der Waals surface area contributed by atoms with E-state index in [0.717, 1.165) is 29.0 Å². The van der Waals surface area contributed by atoms with Crippen LogP contribution in [0.5, 0.6) is 11.5 Å². The molecule has 0 heterocycles. The Balaban J connectivity index is 2.31. The highest BCUT2D eigenvalue weighted by Gasteiger charge is 2.07. The Bertz CT molecular complexity index is 636. The number of hydrogen-bond donors (Lipinski definition) is 1. The topological polar surface area (TPSA) is 45.0 Å². The van der Waals surface area contributed by atoms with Crippen molar-refractivity contribution in [1.82, 2.24) is 5.32 Å². The summed E-state index contributed by atoms with van der Waals surface area (Å²) in [5.41, 5.74) is 3.91. The maximum absolute atomic E-state index is 9.25. The Morgan fingerprint density at radius 2 is 1.80 bits per heavy atom. The van der Waals surface area contributed by atoms with Crippen molar-refractivity contribution < 1.29 is 4.74 Å². The molecule has 2 rings (SSSR count). The van der Waals surface area contributed by atoms with Gasteiger partial charge in [0.05, 0.1) is 5.56 Å². The minimum Gasteiger partial charge on any atom is -0.456 e. The van der Waals surface area contributed by atoms with Crippen LogP contribution in [-0.4, -0.2) is 7.05 Å². The zero-order valence-corrected chi connectivity index (χ0v) is 12.0. The first kappa shape index (κ1) is 14.1. The van der Waals surface area contributed by atoms with Gasteiger partial charge in [0.2, 0.25) is 0 Å². The van der Waals surface area contributed by atoms with E-state index >= 15 is 0 Å². The van der Waals surface area contributed by atoms with Crippen molar-refractivity contribution in [3.63, 3.8) is 0 Å². The lowest BCUT2D eigenvalue weighted by Crippen LogP contribution is -2.05. The predicted octanol–water partition coefficient (Wildman–Crippen LogP) is 3.69. The van der Waals surface area contributed by atoms with Crippen LogP contribution in [0, 0.1) is 25.2 Å². The van der Waals surface area contributed by atoms with E-state index in [9.17, 15) is 5.26 Å². The molecule has 0 amide bonds. The summed E-state index contributed by atoms with van der Waals surface area (Å²) in [4.78, 5) is 0. The van der Waals surface area contributed by atoms with E-state index in [4.69, 9.17) is 4.74 Å². The van der Waals surface area contributed by atoms with Gasteiger partial charge in [-0.1, -0.05) is 12.1 Å². The lowest BCUT2D eigenvalue weighted by atomic mass is 10.1. The second-order valence-electron chi connectivity index (χ2n) is 4.90. The van der Waals surface area contributed by atoms with Crippen molar-refractivity contribution in [2.45, 2.75) is 20.4 Å². The fourth-order valence-corrected chi connectivity index (χ4v) is 2.19. The normalized spacial score (nSPS) is 10.1. The van der Waals surface area contributed by atoms with E-state index in [1.165, 1.54) is 0 Å². The highest BCUT2D eigenvalue weighted by molar-refractivity contribution is 5.48. The van der Waals surface area contributed by atoms with Gasteiger partial charge >= 0.3 is 0 Å². The summed E-state index contributed by atoms with van der Waals surface area (Å²) in [7, 11) is 1.88. The van der Waals surface area contributed by atoms with Gasteiger partial charge in [-0.25, -0.2) is 0 Å². The van der Waals surface area contributed by atoms with Crippen molar-refractivity contribution in [2.75, 3.05) is 7.05 Å². The number of rotatable bonds is 4. The van der Waals surface area contributed by atoms with Gasteiger partial charge in [-0.2, -0.15) is 5.26 Å². The average molecular weight is 266 g/mol. The standard InChI is InChI=1S/C17H18N2O/c1-12-6-13(2)8-16(7-12)20-17-5-4-14(11-19-3)9-15(17)10-18/h4-9,19H,11H2,1-3H3. The largest absolute Gasteiger partial charge is 0.456 e. The Morgan fingerprint density at radius 1 is 1.10 bits per heavy atom. The SMILES string of the molecule is CNCc1ccc(Oc2cc(C)cc(C)c2)c(C#N)c1. The minimum atomic E-state index is 0.553. The van der Waals surface area contributed by atoms with Crippen LogP contribution in [0.15, 0.2) is 36.4 Å². The molecule has 20 heavy (non-hydrogen) atoms. The first-order valence-electron chi connectivity index (χ1n) is 6.56. The zero-order valence-electron chi connectivity index (χ0n) is 12.0. The third kappa shape index (κ3) is 3.37. The van der Waals surface area contributed by atoms with Crippen LogP contribution < -0.4 is 10.1 Å². The summed E-state index contributed by atoms with van der Waals surface area (Å²) in [5.74, 6) is 1.36. The number of aryl methyl sites for hydroxylation is 2. The van der Waals surface area contributed by atoms with Gasteiger partial charge in [0, 0.05) is 6.54 Å². The summed E-state index contributed by atoms with van der Waals surface area (Å²) < 4.78 is 5.85. The number of ether oxygens (including phenoxy) is 1. The van der Waals surface area contributed by atoms with Crippen molar-refractivity contribution >= 4 is 0 Å². The average Bonchev–Trinajstić information content (AvgIpc) is 2.39. The summed E-state index contributed by atoms with van der Waals surface area (Å²) in [6, 6.07) is 13.9. The van der Waals surface area contributed by atoms with E-state index < -0.39 is 0 Å². The molecule has 3 heteroatoms. The molecule has 0 radical (unpaired) electrons. The number of nitrogens with zero attached hydrogens (tertiary/aromatic N) is 1. The molecule has 0 saturated heterocycles. The molecule has 0 bridgehead atoms. The second kappa shape index (κ2) is 6.23. The Morgan fingerprint density at radius 3 is 2.40 bits per heavy atom. The lowest BCUT2D eigenvalue weighted by molar-refractivity contribution is 0.480. The van der Waals surface area contributed by atoms with Crippen LogP contribution in [0.2, 0.25) is 0 Å². The summed E-state index contributed by atoms with van der Waals surface area (Å²) in [5, 5.41) is 12.3. The fraction of sp³-hybridized carbons (Fsp3) is 0.235. The summed E-state index contributed by atoms with van der Waals surface area (Å²) in [6.45, 7) is 4.79. The van der Waals surface area contributed by atoms with Crippen LogP contribution >= 0.6 is 0 Å². The Hall–Kier alpha value is -2.31. The second-order valence-corrected chi connectivity index (χ2v) is 4.90. The molecule has 1 N–H and O–H groups in total. The van der Waals surface area contributed by atoms with E-state index in [1.54, 1.807) is 0 Å². The molecule has 0 fully saturated rings. The first-order chi connectivity index (χ1) is 9.62. The van der Waals surface area contributed by atoms with Crippen LogP contribution in [0.25, 0.3) is 0 Å². The molecule has 0 aliphatic rings. The molecule has 2 aromatic carbocycles. The molecule has 102 valence electrons. The van der Waals surface area contributed by atoms with Gasteiger partial charge in [-0.05, 0) is 61.9 Å². The van der Waals surface area contributed by atoms with Crippen LogP contribution in [0.4, 0.5) is 0 Å². The van der Waals surface area contributed by atoms with Gasteiger partial charge in [-0.3, -0.25) is 0 Å². The van der Waals surface area contributed by atoms with Gasteiger partial charge in [0.25, 0.3) is 0 Å². The summed E-state index contributed by atoms with van der Waals surface area (Å²) >= 11 is 0. The minimum absolute atomic E-state index is 0.553. The molecule has 0 saturated carbocycles. The van der Waals surface area contributed by atoms with Crippen LogP contribution in [0.3, 0.4) is 0 Å². The zero-order chi connectivity index (χ0) is 14.5. The molecule has 3 nitrogen and oxygen atoms in total. The van der Waals surface area contributed by atoms with E-state index in [1.807, 2.05) is 51.2 Å². The van der Waals surface area contributed by atoms with E-state index in [0.29, 0.717) is 11.3 Å². The highest BCUT2D eigenvalue weighted by Crippen LogP contribution is 2.27. The van der Waals surface area contributed by atoms with Crippen LogP contribution in [-0.2, 0) is 6.54 Å².